The van der Waals surface area contributed by atoms with Crippen molar-refractivity contribution in [2.75, 3.05) is 37.8 Å². The maximum absolute atomic E-state index is 4.34. The van der Waals surface area contributed by atoms with E-state index in [0.717, 1.165) is 35.6 Å². The van der Waals surface area contributed by atoms with Crippen LogP contribution in [-0.4, -0.2) is 47.6 Å². The SMILES string of the molecule is CCCNc1ncnc(NCC2(N(C)C)CCC2)c1Br. The van der Waals surface area contributed by atoms with Gasteiger partial charge in [0.1, 0.15) is 22.4 Å². The highest BCUT2D eigenvalue weighted by atomic mass is 79.9. The molecular weight excluding hydrogens is 318 g/mol. The van der Waals surface area contributed by atoms with Crippen molar-refractivity contribution in [3.63, 3.8) is 0 Å². The van der Waals surface area contributed by atoms with Crippen LogP contribution in [0.5, 0.6) is 0 Å². The predicted molar refractivity (Wildman–Crippen MR) is 87.3 cm³/mol. The maximum atomic E-state index is 4.34. The van der Waals surface area contributed by atoms with Crippen LogP contribution in [0.4, 0.5) is 11.6 Å². The molecule has 0 spiro atoms. The van der Waals surface area contributed by atoms with Crippen molar-refractivity contribution in [3.05, 3.63) is 10.8 Å². The van der Waals surface area contributed by atoms with Crippen LogP contribution in [0.3, 0.4) is 0 Å². The van der Waals surface area contributed by atoms with E-state index in [1.165, 1.54) is 19.3 Å². The van der Waals surface area contributed by atoms with Gasteiger partial charge in [0.05, 0.1) is 0 Å². The van der Waals surface area contributed by atoms with Crippen molar-refractivity contribution in [1.29, 1.82) is 0 Å². The molecule has 6 heteroatoms. The maximum Gasteiger partial charge on any atom is 0.146 e. The molecule has 0 bridgehead atoms. The molecule has 0 amide bonds. The number of halogens is 1. The number of aromatic nitrogens is 2. The average molecular weight is 342 g/mol. The summed E-state index contributed by atoms with van der Waals surface area (Å²) in [7, 11) is 4.31. The average Bonchev–Trinajstić information content (AvgIpc) is 2.37. The molecule has 112 valence electrons. The number of anilines is 2. The van der Waals surface area contributed by atoms with E-state index in [9.17, 15) is 0 Å². The normalized spacial score (nSPS) is 16.9. The lowest BCUT2D eigenvalue weighted by molar-refractivity contribution is 0.0738. The zero-order valence-electron chi connectivity index (χ0n) is 12.5. The van der Waals surface area contributed by atoms with Gasteiger partial charge in [-0.3, -0.25) is 0 Å². The third kappa shape index (κ3) is 3.23. The molecule has 1 aromatic rings. The fourth-order valence-electron chi connectivity index (χ4n) is 2.47. The summed E-state index contributed by atoms with van der Waals surface area (Å²) in [6.45, 7) is 3.97. The molecule has 20 heavy (non-hydrogen) atoms. The number of nitrogens with one attached hydrogen (secondary N) is 2. The van der Waals surface area contributed by atoms with Crippen LogP contribution in [0.2, 0.25) is 0 Å². The van der Waals surface area contributed by atoms with E-state index in [0.29, 0.717) is 0 Å². The van der Waals surface area contributed by atoms with Crippen molar-refractivity contribution in [2.45, 2.75) is 38.1 Å². The molecule has 5 nitrogen and oxygen atoms in total. The molecule has 1 fully saturated rings. The number of nitrogens with zero attached hydrogens (tertiary/aromatic N) is 3. The Morgan fingerprint density at radius 3 is 2.40 bits per heavy atom. The molecular formula is C14H24BrN5. The van der Waals surface area contributed by atoms with Crippen LogP contribution < -0.4 is 10.6 Å². The second-order valence-corrected chi connectivity index (χ2v) is 6.43. The largest absolute Gasteiger partial charge is 0.369 e. The number of hydrogen-bond acceptors (Lipinski definition) is 5. The Morgan fingerprint density at radius 1 is 1.25 bits per heavy atom. The smallest absolute Gasteiger partial charge is 0.146 e. The third-order valence-corrected chi connectivity index (χ3v) is 4.90. The van der Waals surface area contributed by atoms with Crippen molar-refractivity contribution in [1.82, 2.24) is 14.9 Å². The monoisotopic (exact) mass is 341 g/mol. The molecule has 0 aromatic carbocycles. The minimum absolute atomic E-state index is 0.279. The van der Waals surface area contributed by atoms with Gasteiger partial charge in [0.15, 0.2) is 0 Å². The van der Waals surface area contributed by atoms with Gasteiger partial charge in [0.2, 0.25) is 0 Å². The van der Waals surface area contributed by atoms with Crippen LogP contribution in [0, 0.1) is 0 Å². The summed E-state index contributed by atoms with van der Waals surface area (Å²) in [4.78, 5) is 10.9. The van der Waals surface area contributed by atoms with E-state index in [1.807, 2.05) is 0 Å². The Bertz CT molecular complexity index is 445. The molecule has 1 saturated carbocycles. The second-order valence-electron chi connectivity index (χ2n) is 5.64. The number of rotatable bonds is 7. The van der Waals surface area contributed by atoms with Crippen molar-refractivity contribution in [3.8, 4) is 0 Å². The van der Waals surface area contributed by atoms with E-state index < -0.39 is 0 Å². The van der Waals surface area contributed by atoms with Gasteiger partial charge in [0, 0.05) is 18.6 Å². The van der Waals surface area contributed by atoms with Gasteiger partial charge in [-0.25, -0.2) is 9.97 Å². The Balaban J connectivity index is 2.02. The molecule has 1 aliphatic rings. The first-order chi connectivity index (χ1) is 9.59. The van der Waals surface area contributed by atoms with Crippen LogP contribution in [0.15, 0.2) is 10.8 Å². The first-order valence-corrected chi connectivity index (χ1v) is 8.04. The first kappa shape index (κ1) is 15.5. The zero-order chi connectivity index (χ0) is 14.6. The summed E-state index contributed by atoms with van der Waals surface area (Å²) >= 11 is 3.59. The molecule has 2 N–H and O–H groups in total. The second kappa shape index (κ2) is 6.72. The molecule has 0 atom stereocenters. The summed E-state index contributed by atoms with van der Waals surface area (Å²) < 4.78 is 0.918. The molecule has 1 heterocycles. The Kier molecular flexibility index (Phi) is 5.21. The van der Waals surface area contributed by atoms with Crippen LogP contribution >= 0.6 is 15.9 Å². The summed E-state index contributed by atoms with van der Waals surface area (Å²) in [5.41, 5.74) is 0.279. The van der Waals surface area contributed by atoms with Gasteiger partial charge >= 0.3 is 0 Å². The lowest BCUT2D eigenvalue weighted by Crippen LogP contribution is -2.54. The standard InChI is InChI=1S/C14H24BrN5/c1-4-8-16-12-11(15)13(19-10-18-12)17-9-14(20(2)3)6-5-7-14/h10H,4-9H2,1-3H3,(H2,16,17,18,19). The van der Waals surface area contributed by atoms with Crippen molar-refractivity contribution < 1.29 is 0 Å². The number of likely N-dealkylation sites (N-methyl/N-ethyl adjacent to an activating group) is 1. The summed E-state index contributed by atoms with van der Waals surface area (Å²) in [5, 5.41) is 6.78. The van der Waals surface area contributed by atoms with Gasteiger partial charge in [-0.15, -0.1) is 0 Å². The van der Waals surface area contributed by atoms with E-state index in [1.54, 1.807) is 6.33 Å². The highest BCUT2D eigenvalue weighted by Crippen LogP contribution is 2.37. The minimum atomic E-state index is 0.279. The van der Waals surface area contributed by atoms with E-state index >= 15 is 0 Å². The Morgan fingerprint density at radius 2 is 1.90 bits per heavy atom. The predicted octanol–water partition coefficient (Wildman–Crippen LogP) is 2.96. The van der Waals surface area contributed by atoms with Crippen molar-refractivity contribution in [2.24, 2.45) is 0 Å². The van der Waals surface area contributed by atoms with Gasteiger partial charge < -0.3 is 15.5 Å². The van der Waals surface area contributed by atoms with Gasteiger partial charge in [-0.05, 0) is 55.7 Å². The molecule has 0 saturated heterocycles. The minimum Gasteiger partial charge on any atom is -0.369 e. The van der Waals surface area contributed by atoms with Crippen LogP contribution in [0.1, 0.15) is 32.6 Å². The molecule has 1 aromatic heterocycles. The fraction of sp³-hybridized carbons (Fsp3) is 0.714. The third-order valence-electron chi connectivity index (χ3n) is 4.15. The van der Waals surface area contributed by atoms with E-state index in [2.05, 4.69) is 62.5 Å². The highest BCUT2D eigenvalue weighted by Gasteiger charge is 2.38. The lowest BCUT2D eigenvalue weighted by atomic mass is 9.75. The molecule has 0 aliphatic heterocycles. The van der Waals surface area contributed by atoms with Crippen LogP contribution in [0.25, 0.3) is 0 Å². The zero-order valence-corrected chi connectivity index (χ0v) is 14.1. The Labute approximate surface area is 129 Å². The molecule has 0 radical (unpaired) electrons. The summed E-state index contributed by atoms with van der Waals surface area (Å²) in [6.07, 6.45) is 6.48. The van der Waals surface area contributed by atoms with E-state index in [4.69, 9.17) is 0 Å². The first-order valence-electron chi connectivity index (χ1n) is 7.25. The lowest BCUT2D eigenvalue weighted by Gasteiger charge is -2.47. The molecule has 1 aliphatic carbocycles. The highest BCUT2D eigenvalue weighted by molar-refractivity contribution is 9.10. The quantitative estimate of drug-likeness (QED) is 0.798. The summed E-state index contributed by atoms with van der Waals surface area (Å²) in [5.74, 6) is 1.73. The fourth-order valence-corrected chi connectivity index (χ4v) is 2.96. The van der Waals surface area contributed by atoms with Crippen molar-refractivity contribution >= 4 is 27.6 Å². The number of hydrogen-bond donors (Lipinski definition) is 2. The molecule has 2 rings (SSSR count). The van der Waals surface area contributed by atoms with E-state index in [-0.39, 0.29) is 5.54 Å². The van der Waals surface area contributed by atoms with Gasteiger partial charge in [-0.1, -0.05) is 6.92 Å². The van der Waals surface area contributed by atoms with Crippen LogP contribution in [-0.2, 0) is 0 Å². The van der Waals surface area contributed by atoms with Gasteiger partial charge in [-0.2, -0.15) is 0 Å². The molecule has 0 unspecified atom stereocenters. The summed E-state index contributed by atoms with van der Waals surface area (Å²) in [6, 6.07) is 0. The van der Waals surface area contributed by atoms with Gasteiger partial charge in [0.25, 0.3) is 0 Å². The topological polar surface area (TPSA) is 53.1 Å². The Hall–Kier alpha value is -0.880.